The van der Waals surface area contributed by atoms with Gasteiger partial charge in [-0.3, -0.25) is 4.79 Å². The molecular weight excluding hydrogens is 312 g/mol. The highest BCUT2D eigenvalue weighted by Gasteiger charge is 2.35. The second-order valence-electron chi connectivity index (χ2n) is 4.89. The lowest BCUT2D eigenvalue weighted by Crippen LogP contribution is -2.40. The standard InChI is InChI=1S/C13H18N2O6S/c1-4-21-13(17)11-8-5-6-9(12(16)20-3)14-22(18,19)10(8)7-15(11)2/h7,9,14H,4-6H2,1-3H3/t9-/m1/s1. The minimum atomic E-state index is -3.91. The molecule has 1 aromatic heterocycles. The van der Waals surface area contributed by atoms with Gasteiger partial charge in [-0.25, -0.2) is 13.2 Å². The van der Waals surface area contributed by atoms with Gasteiger partial charge in [0, 0.05) is 18.8 Å². The van der Waals surface area contributed by atoms with Crippen molar-refractivity contribution in [3.63, 3.8) is 0 Å². The number of nitrogens with zero attached hydrogens (tertiary/aromatic N) is 1. The number of hydrogen-bond acceptors (Lipinski definition) is 6. The third-order valence-corrected chi connectivity index (χ3v) is 5.00. The highest BCUT2D eigenvalue weighted by molar-refractivity contribution is 7.89. The highest BCUT2D eigenvalue weighted by Crippen LogP contribution is 2.27. The van der Waals surface area contributed by atoms with Gasteiger partial charge in [-0.05, 0) is 19.8 Å². The van der Waals surface area contributed by atoms with Crippen molar-refractivity contribution < 1.29 is 27.5 Å². The number of nitrogens with one attached hydrogen (secondary N) is 1. The molecule has 0 bridgehead atoms. The Morgan fingerprint density at radius 3 is 2.73 bits per heavy atom. The van der Waals surface area contributed by atoms with E-state index in [1.807, 2.05) is 0 Å². The topological polar surface area (TPSA) is 104 Å². The van der Waals surface area contributed by atoms with Crippen LogP contribution in [0.15, 0.2) is 11.1 Å². The van der Waals surface area contributed by atoms with E-state index in [0.29, 0.717) is 5.56 Å². The maximum Gasteiger partial charge on any atom is 0.355 e. The molecule has 1 aliphatic rings. The summed E-state index contributed by atoms with van der Waals surface area (Å²) in [6, 6.07) is -0.970. The van der Waals surface area contributed by atoms with Gasteiger partial charge in [-0.2, -0.15) is 4.72 Å². The number of fused-ring (bicyclic) bond motifs is 1. The molecule has 8 nitrogen and oxygen atoms in total. The predicted molar refractivity (Wildman–Crippen MR) is 75.8 cm³/mol. The van der Waals surface area contributed by atoms with Crippen molar-refractivity contribution >= 4 is 22.0 Å². The van der Waals surface area contributed by atoms with Crippen LogP contribution >= 0.6 is 0 Å². The molecule has 1 aromatic rings. The molecule has 2 heterocycles. The third kappa shape index (κ3) is 2.86. The fourth-order valence-electron chi connectivity index (χ4n) is 2.49. The molecule has 0 amide bonds. The number of sulfonamides is 1. The Labute approximate surface area is 128 Å². The number of methoxy groups -OCH3 is 1. The number of carbonyl (C=O) groups is 2. The molecule has 0 fully saturated rings. The Morgan fingerprint density at radius 1 is 1.45 bits per heavy atom. The van der Waals surface area contributed by atoms with Crippen molar-refractivity contribution in [1.82, 2.24) is 9.29 Å². The van der Waals surface area contributed by atoms with Gasteiger partial charge in [-0.1, -0.05) is 0 Å². The van der Waals surface area contributed by atoms with Crippen LogP contribution in [0.2, 0.25) is 0 Å². The van der Waals surface area contributed by atoms with Crippen LogP contribution in [0.5, 0.6) is 0 Å². The van der Waals surface area contributed by atoms with Crippen molar-refractivity contribution in [1.29, 1.82) is 0 Å². The number of carbonyl (C=O) groups excluding carboxylic acids is 2. The van der Waals surface area contributed by atoms with Crippen LogP contribution in [0.3, 0.4) is 0 Å². The summed E-state index contributed by atoms with van der Waals surface area (Å²) < 4.78 is 38.1. The Hall–Kier alpha value is -1.87. The largest absolute Gasteiger partial charge is 0.468 e. The van der Waals surface area contributed by atoms with E-state index in [0.717, 1.165) is 0 Å². The number of aryl methyl sites for hydroxylation is 1. The second kappa shape index (κ2) is 6.09. The summed E-state index contributed by atoms with van der Waals surface area (Å²) >= 11 is 0. The van der Waals surface area contributed by atoms with Crippen molar-refractivity contribution in [2.45, 2.75) is 30.7 Å². The van der Waals surface area contributed by atoms with E-state index >= 15 is 0 Å². The fourth-order valence-corrected chi connectivity index (χ4v) is 4.03. The fraction of sp³-hybridized carbons (Fsp3) is 0.538. The van der Waals surface area contributed by atoms with E-state index in [1.54, 1.807) is 14.0 Å². The lowest BCUT2D eigenvalue weighted by molar-refractivity contribution is -0.142. The lowest BCUT2D eigenvalue weighted by Gasteiger charge is -2.12. The molecule has 1 atom stereocenters. The van der Waals surface area contributed by atoms with Crippen LogP contribution in [0.4, 0.5) is 0 Å². The van der Waals surface area contributed by atoms with E-state index in [2.05, 4.69) is 9.46 Å². The third-order valence-electron chi connectivity index (χ3n) is 3.47. The summed E-state index contributed by atoms with van der Waals surface area (Å²) in [5, 5.41) is 0. The van der Waals surface area contributed by atoms with E-state index in [-0.39, 0.29) is 30.0 Å². The average molecular weight is 330 g/mol. The van der Waals surface area contributed by atoms with Crippen molar-refractivity contribution in [2.24, 2.45) is 7.05 Å². The molecule has 1 N–H and O–H groups in total. The maximum atomic E-state index is 12.4. The smallest absolute Gasteiger partial charge is 0.355 e. The van der Waals surface area contributed by atoms with Crippen LogP contribution in [0.1, 0.15) is 29.4 Å². The van der Waals surface area contributed by atoms with Crippen molar-refractivity contribution in [3.05, 3.63) is 17.5 Å². The van der Waals surface area contributed by atoms with E-state index in [4.69, 9.17) is 4.74 Å². The minimum absolute atomic E-state index is 0.00976. The lowest BCUT2D eigenvalue weighted by atomic mass is 10.1. The monoisotopic (exact) mass is 330 g/mol. The van der Waals surface area contributed by atoms with Gasteiger partial charge in [-0.15, -0.1) is 0 Å². The predicted octanol–water partition coefficient (Wildman–Crippen LogP) is -0.0321. The highest BCUT2D eigenvalue weighted by atomic mass is 32.2. The van der Waals surface area contributed by atoms with Crippen LogP contribution in [0.25, 0.3) is 0 Å². The minimum Gasteiger partial charge on any atom is -0.468 e. The molecule has 0 aromatic carbocycles. The van der Waals surface area contributed by atoms with Crippen molar-refractivity contribution in [3.8, 4) is 0 Å². The first-order valence-corrected chi connectivity index (χ1v) is 8.25. The Bertz CT molecular complexity index is 706. The first-order chi connectivity index (χ1) is 10.3. The van der Waals surface area contributed by atoms with Crippen molar-refractivity contribution in [2.75, 3.05) is 13.7 Å². The van der Waals surface area contributed by atoms with Crippen LogP contribution in [-0.4, -0.2) is 44.7 Å². The number of rotatable bonds is 3. The molecule has 9 heteroatoms. The van der Waals surface area contributed by atoms with Gasteiger partial charge in [0.2, 0.25) is 10.0 Å². The molecule has 1 aliphatic heterocycles. The van der Waals surface area contributed by atoms with Gasteiger partial charge in [0.15, 0.2) is 0 Å². The summed E-state index contributed by atoms with van der Waals surface area (Å²) in [6.07, 6.45) is 1.80. The Kier molecular flexibility index (Phi) is 4.57. The zero-order valence-electron chi connectivity index (χ0n) is 12.6. The molecule has 22 heavy (non-hydrogen) atoms. The Morgan fingerprint density at radius 2 is 2.14 bits per heavy atom. The normalized spacial score (nSPS) is 19.9. The van der Waals surface area contributed by atoms with Gasteiger partial charge >= 0.3 is 11.9 Å². The SMILES string of the molecule is CCOC(=O)c1c2c(cn1C)S(=O)(=O)N[C@@H](C(=O)OC)CC2. The summed E-state index contributed by atoms with van der Waals surface area (Å²) in [5.41, 5.74) is 0.549. The van der Waals surface area contributed by atoms with Gasteiger partial charge in [0.25, 0.3) is 0 Å². The molecule has 122 valence electrons. The summed E-state index contributed by atoms with van der Waals surface area (Å²) in [7, 11) is -1.14. The number of esters is 2. The number of ether oxygens (including phenoxy) is 2. The summed E-state index contributed by atoms with van der Waals surface area (Å²) in [4.78, 5) is 23.7. The first-order valence-electron chi connectivity index (χ1n) is 6.77. The maximum absolute atomic E-state index is 12.4. The molecule has 0 spiro atoms. The molecule has 0 saturated carbocycles. The number of aromatic nitrogens is 1. The van der Waals surface area contributed by atoms with Crippen LogP contribution in [-0.2, 0) is 37.8 Å². The molecule has 2 rings (SSSR count). The van der Waals surface area contributed by atoms with Crippen LogP contribution < -0.4 is 4.72 Å². The van der Waals surface area contributed by atoms with Gasteiger partial charge in [0.05, 0.1) is 13.7 Å². The zero-order chi connectivity index (χ0) is 16.5. The summed E-state index contributed by atoms with van der Waals surface area (Å²) in [6.45, 7) is 1.86. The quantitative estimate of drug-likeness (QED) is 0.781. The average Bonchev–Trinajstić information content (AvgIpc) is 2.74. The van der Waals surface area contributed by atoms with Gasteiger partial charge < -0.3 is 14.0 Å². The second-order valence-corrected chi connectivity index (χ2v) is 6.57. The summed E-state index contributed by atoms with van der Waals surface area (Å²) in [5.74, 6) is -1.24. The Balaban J connectivity index is 2.49. The molecule has 0 radical (unpaired) electrons. The first kappa shape index (κ1) is 16.5. The molecule has 0 aliphatic carbocycles. The van der Waals surface area contributed by atoms with E-state index < -0.39 is 28.0 Å². The van der Waals surface area contributed by atoms with Gasteiger partial charge in [0.1, 0.15) is 16.6 Å². The van der Waals surface area contributed by atoms with E-state index in [1.165, 1.54) is 17.9 Å². The molecule has 0 unspecified atom stereocenters. The number of hydrogen-bond donors (Lipinski definition) is 1. The molecular formula is C13H18N2O6S. The zero-order valence-corrected chi connectivity index (χ0v) is 13.4. The van der Waals surface area contributed by atoms with Crippen LogP contribution in [0, 0.1) is 0 Å². The molecule has 0 saturated heterocycles. The van der Waals surface area contributed by atoms with E-state index in [9.17, 15) is 18.0 Å².